The minimum Gasteiger partial charge on any atom is -0.368 e. The first kappa shape index (κ1) is 6.13. The maximum atomic E-state index is 5.82. The highest BCUT2D eigenvalue weighted by Crippen LogP contribution is 2.33. The molecule has 0 radical (unpaired) electrons. The van der Waals surface area contributed by atoms with Crippen molar-refractivity contribution < 1.29 is 4.74 Å². The number of pyridine rings is 1. The molecule has 0 unspecified atom stereocenters. The molecule has 2 rings (SSSR count). The quantitative estimate of drug-likeness (QED) is 0.578. The second-order valence-corrected chi connectivity index (χ2v) is 2.63. The normalized spacial score (nSPS) is 22.7. The van der Waals surface area contributed by atoms with Gasteiger partial charge in [0.2, 0.25) is 0 Å². The first-order valence-corrected chi connectivity index (χ1v) is 3.47. The fraction of sp³-hybridized carbons (Fsp3) is 0.286. The van der Waals surface area contributed by atoms with Gasteiger partial charge in [-0.25, -0.2) is 0 Å². The lowest BCUT2D eigenvalue weighted by atomic mass is 10.2. The van der Waals surface area contributed by atoms with Gasteiger partial charge in [0.05, 0.1) is 11.6 Å². The fourth-order valence-corrected chi connectivity index (χ4v) is 1.12. The largest absolute Gasteiger partial charge is 0.368 e. The van der Waals surface area contributed by atoms with Crippen molar-refractivity contribution in [1.82, 2.24) is 4.98 Å². The Bertz CT molecular complexity index is 247. The summed E-state index contributed by atoms with van der Waals surface area (Å²) in [6.45, 7) is 0.795. The first-order valence-electron chi connectivity index (χ1n) is 3.09. The van der Waals surface area contributed by atoms with Crippen LogP contribution in [-0.2, 0) is 4.74 Å². The third-order valence-corrected chi connectivity index (χ3v) is 1.80. The average molecular weight is 156 g/mol. The Morgan fingerprint density at radius 1 is 1.70 bits per heavy atom. The fourth-order valence-electron chi connectivity index (χ4n) is 0.875. The summed E-state index contributed by atoms with van der Waals surface area (Å²) in [4.78, 5) is 3.87. The van der Waals surface area contributed by atoms with E-state index >= 15 is 0 Å². The minimum absolute atomic E-state index is 0.232. The third-order valence-electron chi connectivity index (χ3n) is 1.48. The molecule has 1 aliphatic heterocycles. The Kier molecular flexibility index (Phi) is 1.36. The molecule has 2 heterocycles. The molecule has 10 heavy (non-hydrogen) atoms. The number of ether oxygens (including phenoxy) is 1. The molecule has 52 valence electrons. The molecule has 1 aromatic rings. The molecule has 0 bridgehead atoms. The third kappa shape index (κ3) is 1.00. The van der Waals surface area contributed by atoms with Crippen molar-refractivity contribution in [3.63, 3.8) is 0 Å². The maximum Gasteiger partial charge on any atom is 0.108 e. The van der Waals surface area contributed by atoms with E-state index in [4.69, 9.17) is 16.3 Å². The van der Waals surface area contributed by atoms with E-state index in [1.54, 1.807) is 12.4 Å². The smallest absolute Gasteiger partial charge is 0.108 e. The van der Waals surface area contributed by atoms with Crippen molar-refractivity contribution in [2.24, 2.45) is 0 Å². The molecule has 0 saturated carbocycles. The van der Waals surface area contributed by atoms with Gasteiger partial charge < -0.3 is 4.74 Å². The molecule has 0 amide bonds. The molecule has 1 fully saturated rings. The van der Waals surface area contributed by atoms with Gasteiger partial charge in [0.1, 0.15) is 6.10 Å². The predicted octanol–water partition coefficient (Wildman–Crippen LogP) is 1.81. The van der Waals surface area contributed by atoms with Gasteiger partial charge in [-0.15, -0.1) is 0 Å². The van der Waals surface area contributed by atoms with Crippen molar-refractivity contribution in [3.8, 4) is 0 Å². The molecule has 3 heteroatoms. The second-order valence-electron chi connectivity index (χ2n) is 2.22. The number of halogens is 1. The lowest BCUT2D eigenvalue weighted by molar-refractivity contribution is 0.415. The minimum atomic E-state index is 0.232. The predicted molar refractivity (Wildman–Crippen MR) is 37.9 cm³/mol. The van der Waals surface area contributed by atoms with Crippen LogP contribution in [0.3, 0.4) is 0 Å². The van der Waals surface area contributed by atoms with E-state index in [0.29, 0.717) is 5.02 Å². The Balaban J connectivity index is 2.39. The molecule has 1 aliphatic rings. The molecule has 1 aromatic heterocycles. The van der Waals surface area contributed by atoms with Crippen molar-refractivity contribution >= 4 is 11.6 Å². The Morgan fingerprint density at radius 2 is 2.50 bits per heavy atom. The van der Waals surface area contributed by atoms with E-state index in [1.165, 1.54) is 0 Å². The molecule has 1 saturated heterocycles. The second kappa shape index (κ2) is 2.22. The lowest BCUT2D eigenvalue weighted by Gasteiger charge is -1.95. The highest BCUT2D eigenvalue weighted by molar-refractivity contribution is 6.31. The van der Waals surface area contributed by atoms with Crippen molar-refractivity contribution in [3.05, 3.63) is 29.0 Å². The zero-order chi connectivity index (χ0) is 6.97. The van der Waals surface area contributed by atoms with Gasteiger partial charge in [0, 0.05) is 18.0 Å². The Labute approximate surface area is 63.8 Å². The molecular formula is C7H6ClNO. The zero-order valence-corrected chi connectivity index (χ0v) is 6.01. The van der Waals surface area contributed by atoms with Crippen LogP contribution in [0, 0.1) is 0 Å². The van der Waals surface area contributed by atoms with Crippen LogP contribution in [0.25, 0.3) is 0 Å². The van der Waals surface area contributed by atoms with Crippen molar-refractivity contribution in [2.45, 2.75) is 6.10 Å². The zero-order valence-electron chi connectivity index (χ0n) is 5.25. The number of hydrogen-bond donors (Lipinski definition) is 0. The van der Waals surface area contributed by atoms with Crippen LogP contribution in [-0.4, -0.2) is 11.6 Å². The van der Waals surface area contributed by atoms with E-state index < -0.39 is 0 Å². The van der Waals surface area contributed by atoms with Gasteiger partial charge in [-0.3, -0.25) is 4.98 Å². The van der Waals surface area contributed by atoms with Gasteiger partial charge in [0.15, 0.2) is 0 Å². The summed E-state index contributed by atoms with van der Waals surface area (Å²) in [6.07, 6.45) is 3.59. The number of aromatic nitrogens is 1. The summed E-state index contributed by atoms with van der Waals surface area (Å²) < 4.78 is 5.06. The van der Waals surface area contributed by atoms with E-state index in [1.807, 2.05) is 6.07 Å². The highest BCUT2D eigenvalue weighted by Gasteiger charge is 2.26. The Hall–Kier alpha value is -0.600. The molecule has 0 N–H and O–H groups in total. The van der Waals surface area contributed by atoms with Crippen molar-refractivity contribution in [1.29, 1.82) is 0 Å². The van der Waals surface area contributed by atoms with Crippen LogP contribution < -0.4 is 0 Å². The summed E-state index contributed by atoms with van der Waals surface area (Å²) in [5.74, 6) is 0. The lowest BCUT2D eigenvalue weighted by Crippen LogP contribution is -1.82. The van der Waals surface area contributed by atoms with Gasteiger partial charge in [-0.2, -0.15) is 0 Å². The number of hydrogen-bond acceptors (Lipinski definition) is 2. The highest BCUT2D eigenvalue weighted by atomic mass is 35.5. The average Bonchev–Trinajstić information content (AvgIpc) is 2.71. The first-order chi connectivity index (χ1) is 4.88. The molecule has 1 atom stereocenters. The van der Waals surface area contributed by atoms with Crippen LogP contribution in [0.5, 0.6) is 0 Å². The topological polar surface area (TPSA) is 25.4 Å². The standard InChI is InChI=1S/C7H6ClNO/c8-6-3-9-2-1-5(6)7-4-10-7/h1-3,7H,4H2/t7-/m0/s1. The van der Waals surface area contributed by atoms with Gasteiger partial charge >= 0.3 is 0 Å². The summed E-state index contributed by atoms with van der Waals surface area (Å²) in [5, 5.41) is 0.699. The van der Waals surface area contributed by atoms with E-state index in [2.05, 4.69) is 4.98 Å². The molecule has 2 nitrogen and oxygen atoms in total. The van der Waals surface area contributed by atoms with Crippen LogP contribution in [0.4, 0.5) is 0 Å². The van der Waals surface area contributed by atoms with E-state index in [0.717, 1.165) is 12.2 Å². The van der Waals surface area contributed by atoms with Gasteiger partial charge in [-0.1, -0.05) is 11.6 Å². The van der Waals surface area contributed by atoms with Crippen LogP contribution in [0.15, 0.2) is 18.5 Å². The van der Waals surface area contributed by atoms with Crippen molar-refractivity contribution in [2.75, 3.05) is 6.61 Å². The molecule has 0 aliphatic carbocycles. The maximum absolute atomic E-state index is 5.82. The molecule has 0 spiro atoms. The molecular weight excluding hydrogens is 150 g/mol. The SMILES string of the molecule is Clc1cnccc1[C@@H]1CO1. The number of epoxide rings is 1. The van der Waals surface area contributed by atoms with Gasteiger partial charge in [0.25, 0.3) is 0 Å². The molecule has 0 aromatic carbocycles. The van der Waals surface area contributed by atoms with Crippen LogP contribution in [0.1, 0.15) is 11.7 Å². The monoisotopic (exact) mass is 155 g/mol. The summed E-state index contributed by atoms with van der Waals surface area (Å²) >= 11 is 5.82. The van der Waals surface area contributed by atoms with Crippen LogP contribution >= 0.6 is 11.6 Å². The Morgan fingerprint density at radius 3 is 3.10 bits per heavy atom. The van der Waals surface area contributed by atoms with E-state index in [-0.39, 0.29) is 6.10 Å². The summed E-state index contributed by atoms with van der Waals surface area (Å²) in [7, 11) is 0. The number of nitrogens with zero attached hydrogens (tertiary/aromatic N) is 1. The number of rotatable bonds is 1. The summed E-state index contributed by atoms with van der Waals surface area (Å²) in [5.41, 5.74) is 1.05. The van der Waals surface area contributed by atoms with Gasteiger partial charge in [-0.05, 0) is 6.07 Å². The van der Waals surface area contributed by atoms with E-state index in [9.17, 15) is 0 Å². The summed E-state index contributed by atoms with van der Waals surface area (Å²) in [6, 6.07) is 1.89. The van der Waals surface area contributed by atoms with Crippen LogP contribution in [0.2, 0.25) is 5.02 Å².